The molecule has 0 bridgehead atoms. The molecule has 0 unspecified atom stereocenters. The Hall–Kier alpha value is -1.40. The molecule has 1 aromatic rings. The summed E-state index contributed by atoms with van der Waals surface area (Å²) in [5, 5.41) is 14.8. The predicted molar refractivity (Wildman–Crippen MR) is 77.5 cm³/mol. The lowest BCUT2D eigenvalue weighted by Gasteiger charge is -2.24. The van der Waals surface area contributed by atoms with Gasteiger partial charge in [0.2, 0.25) is 5.91 Å². The zero-order valence-electron chi connectivity index (χ0n) is 11.1. The van der Waals surface area contributed by atoms with E-state index in [1.54, 1.807) is 26.0 Å². The van der Waals surface area contributed by atoms with E-state index >= 15 is 0 Å². The van der Waals surface area contributed by atoms with E-state index in [1.807, 2.05) is 6.92 Å². The van der Waals surface area contributed by atoms with Gasteiger partial charge in [-0.05, 0) is 38.6 Å². The lowest BCUT2D eigenvalue weighted by Crippen LogP contribution is -2.49. The van der Waals surface area contributed by atoms with Crippen molar-refractivity contribution in [1.29, 1.82) is 0 Å². The maximum absolute atomic E-state index is 12.1. The van der Waals surface area contributed by atoms with Gasteiger partial charge in [0.1, 0.15) is 0 Å². The summed E-state index contributed by atoms with van der Waals surface area (Å²) in [5.41, 5.74) is -0.436. The van der Waals surface area contributed by atoms with Crippen LogP contribution in [0.5, 0.6) is 0 Å². The number of anilines is 1. The first kappa shape index (κ1) is 15.7. The minimum absolute atomic E-state index is 0.0591. The number of carbonyl (C=O) groups excluding carboxylic acids is 1. The van der Waals surface area contributed by atoms with Crippen LogP contribution in [0.3, 0.4) is 0 Å². The van der Waals surface area contributed by atoms with E-state index in [4.69, 9.17) is 5.11 Å². The molecule has 104 valence electrons. The zero-order valence-corrected chi connectivity index (χ0v) is 12.7. The van der Waals surface area contributed by atoms with Crippen LogP contribution < -0.4 is 10.6 Å². The fraction of sp³-hybridized carbons (Fsp3) is 0.385. The monoisotopic (exact) mass is 328 g/mol. The van der Waals surface area contributed by atoms with Crippen LogP contribution in [0.15, 0.2) is 22.7 Å². The molecule has 0 fully saturated rings. The van der Waals surface area contributed by atoms with Gasteiger partial charge in [0.15, 0.2) is 0 Å². The fourth-order valence-corrected chi connectivity index (χ4v) is 1.97. The van der Waals surface area contributed by atoms with Crippen LogP contribution in [-0.4, -0.2) is 29.1 Å². The molecule has 0 saturated heterocycles. The summed E-state index contributed by atoms with van der Waals surface area (Å²) in [6, 6.07) is 4.64. The number of rotatable bonds is 5. The number of carboxylic acids is 1. The average molecular weight is 329 g/mol. The molecule has 1 aromatic carbocycles. The molecule has 0 aliphatic carbocycles. The summed E-state index contributed by atoms with van der Waals surface area (Å²) >= 11 is 3.26. The first-order chi connectivity index (χ1) is 8.77. The summed E-state index contributed by atoms with van der Waals surface area (Å²) in [6.45, 7) is 6.02. The Morgan fingerprint density at radius 3 is 2.53 bits per heavy atom. The van der Waals surface area contributed by atoms with Gasteiger partial charge in [-0.1, -0.05) is 22.9 Å². The number of nitrogens with one attached hydrogen (secondary N) is 2. The topological polar surface area (TPSA) is 78.4 Å². The highest BCUT2D eigenvalue weighted by Gasteiger charge is 2.27. The summed E-state index contributed by atoms with van der Waals surface area (Å²) in [7, 11) is 0. The lowest BCUT2D eigenvalue weighted by molar-refractivity contribution is -0.121. The van der Waals surface area contributed by atoms with Crippen LogP contribution in [0.2, 0.25) is 0 Å². The van der Waals surface area contributed by atoms with Crippen molar-refractivity contribution in [3.05, 3.63) is 28.2 Å². The highest BCUT2D eigenvalue weighted by molar-refractivity contribution is 9.10. The highest BCUT2D eigenvalue weighted by Crippen LogP contribution is 2.22. The molecule has 0 aliphatic rings. The third-order valence-electron chi connectivity index (χ3n) is 2.65. The van der Waals surface area contributed by atoms with Crippen LogP contribution in [0.4, 0.5) is 5.69 Å². The fourth-order valence-electron chi connectivity index (χ4n) is 1.61. The Kier molecular flexibility index (Phi) is 5.08. The molecule has 19 heavy (non-hydrogen) atoms. The van der Waals surface area contributed by atoms with E-state index in [0.29, 0.717) is 11.0 Å². The third kappa shape index (κ3) is 4.04. The van der Waals surface area contributed by atoms with Gasteiger partial charge in [0.25, 0.3) is 0 Å². The smallest absolute Gasteiger partial charge is 0.337 e. The second-order valence-electron chi connectivity index (χ2n) is 4.60. The predicted octanol–water partition coefficient (Wildman–Crippen LogP) is 2.47. The molecule has 6 heteroatoms. The molecule has 5 nitrogen and oxygen atoms in total. The highest BCUT2D eigenvalue weighted by atomic mass is 79.9. The van der Waals surface area contributed by atoms with E-state index < -0.39 is 11.5 Å². The summed E-state index contributed by atoms with van der Waals surface area (Å²) in [6.07, 6.45) is 0. The number of benzene rings is 1. The Morgan fingerprint density at radius 2 is 2.00 bits per heavy atom. The number of hydrogen-bond donors (Lipinski definition) is 3. The van der Waals surface area contributed by atoms with Crippen molar-refractivity contribution < 1.29 is 14.7 Å². The average Bonchev–Trinajstić information content (AvgIpc) is 2.28. The Balaban J connectivity index is 3.02. The number of hydrogen-bond acceptors (Lipinski definition) is 3. The molecule has 0 aliphatic heterocycles. The SMILES string of the molecule is CCNC(C)(C)C(=O)Nc1cc(Br)ccc1C(=O)O. The van der Waals surface area contributed by atoms with Crippen molar-refractivity contribution in [3.63, 3.8) is 0 Å². The minimum Gasteiger partial charge on any atom is -0.478 e. The molecule has 0 aromatic heterocycles. The Labute approximate surface area is 120 Å². The second kappa shape index (κ2) is 6.16. The molecule has 1 amide bonds. The summed E-state index contributed by atoms with van der Waals surface area (Å²) in [4.78, 5) is 23.2. The lowest BCUT2D eigenvalue weighted by atomic mass is 10.0. The van der Waals surface area contributed by atoms with E-state index in [-0.39, 0.29) is 17.2 Å². The van der Waals surface area contributed by atoms with Crippen LogP contribution >= 0.6 is 15.9 Å². The van der Waals surface area contributed by atoms with E-state index in [2.05, 4.69) is 26.6 Å². The van der Waals surface area contributed by atoms with Crippen molar-refractivity contribution in [2.45, 2.75) is 26.3 Å². The van der Waals surface area contributed by atoms with Gasteiger partial charge in [0.05, 0.1) is 16.8 Å². The van der Waals surface area contributed by atoms with E-state index in [9.17, 15) is 9.59 Å². The van der Waals surface area contributed by atoms with Crippen molar-refractivity contribution in [2.24, 2.45) is 0 Å². The number of likely N-dealkylation sites (N-methyl/N-ethyl adjacent to an activating group) is 1. The van der Waals surface area contributed by atoms with Crippen LogP contribution in [0, 0.1) is 0 Å². The van der Waals surface area contributed by atoms with Gasteiger partial charge in [-0.2, -0.15) is 0 Å². The normalized spacial score (nSPS) is 11.2. The van der Waals surface area contributed by atoms with Gasteiger partial charge >= 0.3 is 5.97 Å². The molecular weight excluding hydrogens is 312 g/mol. The maximum Gasteiger partial charge on any atom is 0.337 e. The molecule has 3 N–H and O–H groups in total. The van der Waals surface area contributed by atoms with Crippen LogP contribution in [0.25, 0.3) is 0 Å². The molecule has 0 saturated carbocycles. The van der Waals surface area contributed by atoms with Crippen LogP contribution in [0.1, 0.15) is 31.1 Å². The first-order valence-electron chi connectivity index (χ1n) is 5.87. The van der Waals surface area contributed by atoms with Crippen molar-refractivity contribution in [1.82, 2.24) is 5.32 Å². The molecule has 0 heterocycles. The number of aromatic carboxylic acids is 1. The molecule has 0 spiro atoms. The zero-order chi connectivity index (χ0) is 14.6. The number of carboxylic acid groups (broad SMARTS) is 1. The van der Waals surface area contributed by atoms with Gasteiger partial charge < -0.3 is 15.7 Å². The van der Waals surface area contributed by atoms with Gasteiger partial charge in [0, 0.05) is 4.47 Å². The quantitative estimate of drug-likeness (QED) is 0.775. The van der Waals surface area contributed by atoms with E-state index in [0.717, 1.165) is 0 Å². The standard InChI is InChI=1S/C13H17BrN2O3/c1-4-15-13(2,3)12(19)16-10-7-8(14)5-6-9(10)11(17)18/h5-7,15H,4H2,1-3H3,(H,16,19)(H,17,18). The molecule has 0 atom stereocenters. The number of halogens is 1. The number of amides is 1. The largest absolute Gasteiger partial charge is 0.478 e. The van der Waals surface area contributed by atoms with Crippen molar-refractivity contribution >= 4 is 33.5 Å². The van der Waals surface area contributed by atoms with Gasteiger partial charge in [-0.15, -0.1) is 0 Å². The van der Waals surface area contributed by atoms with Gasteiger partial charge in [-0.25, -0.2) is 4.79 Å². The minimum atomic E-state index is -1.08. The Morgan fingerprint density at radius 1 is 1.37 bits per heavy atom. The second-order valence-corrected chi connectivity index (χ2v) is 5.52. The Bertz CT molecular complexity index is 501. The third-order valence-corrected chi connectivity index (χ3v) is 3.14. The van der Waals surface area contributed by atoms with E-state index in [1.165, 1.54) is 6.07 Å². The molecule has 1 rings (SSSR count). The van der Waals surface area contributed by atoms with Crippen molar-refractivity contribution in [2.75, 3.05) is 11.9 Å². The summed E-state index contributed by atoms with van der Waals surface area (Å²) < 4.78 is 0.703. The number of carbonyl (C=O) groups is 2. The van der Waals surface area contributed by atoms with Crippen molar-refractivity contribution in [3.8, 4) is 0 Å². The van der Waals surface area contributed by atoms with Crippen LogP contribution in [-0.2, 0) is 4.79 Å². The maximum atomic E-state index is 12.1. The summed E-state index contributed by atoms with van der Waals surface area (Å²) in [5.74, 6) is -1.36. The van der Waals surface area contributed by atoms with Gasteiger partial charge in [-0.3, -0.25) is 4.79 Å². The first-order valence-corrected chi connectivity index (χ1v) is 6.66. The molecular formula is C13H17BrN2O3. The molecule has 0 radical (unpaired) electrons.